The SMILES string of the molecule is CC(C(=O)O)C(=O)Nc1ccc2oc(=O)n(C)c2c1. The minimum absolute atomic E-state index is 0.400. The van der Waals surface area contributed by atoms with E-state index in [-0.39, 0.29) is 0 Å². The highest BCUT2D eigenvalue weighted by molar-refractivity contribution is 6.04. The fourth-order valence-corrected chi connectivity index (χ4v) is 1.57. The van der Waals surface area contributed by atoms with Crippen molar-refractivity contribution in [1.29, 1.82) is 0 Å². The number of carboxylic acids is 1. The van der Waals surface area contributed by atoms with Crippen LogP contribution in [0.25, 0.3) is 11.1 Å². The van der Waals surface area contributed by atoms with Crippen molar-refractivity contribution in [2.24, 2.45) is 13.0 Å². The van der Waals surface area contributed by atoms with Gasteiger partial charge in [0, 0.05) is 12.7 Å². The van der Waals surface area contributed by atoms with Crippen LogP contribution < -0.4 is 11.1 Å². The molecule has 2 N–H and O–H groups in total. The van der Waals surface area contributed by atoms with Crippen LogP contribution in [-0.2, 0) is 16.6 Å². The molecule has 7 heteroatoms. The second kappa shape index (κ2) is 4.60. The van der Waals surface area contributed by atoms with Gasteiger partial charge in [0.05, 0.1) is 5.52 Å². The van der Waals surface area contributed by atoms with Crippen molar-refractivity contribution in [2.45, 2.75) is 6.92 Å². The Hall–Kier alpha value is -2.57. The molecule has 2 aromatic rings. The molecule has 0 aliphatic heterocycles. The summed E-state index contributed by atoms with van der Waals surface area (Å²) in [5.74, 6) is -3.48. The van der Waals surface area contributed by atoms with E-state index in [2.05, 4.69) is 5.32 Å². The molecule has 0 saturated carbocycles. The Labute approximate surface area is 107 Å². The summed E-state index contributed by atoms with van der Waals surface area (Å²) in [5.41, 5.74) is 1.32. The smallest absolute Gasteiger partial charge is 0.419 e. The van der Waals surface area contributed by atoms with E-state index in [1.165, 1.54) is 23.6 Å². The number of carboxylic acid groups (broad SMARTS) is 1. The molecule has 19 heavy (non-hydrogen) atoms. The Bertz CT molecular complexity index is 712. The summed E-state index contributed by atoms with van der Waals surface area (Å²) in [6.07, 6.45) is 0. The van der Waals surface area contributed by atoms with Crippen molar-refractivity contribution in [3.8, 4) is 0 Å². The molecule has 1 aromatic carbocycles. The Morgan fingerprint density at radius 3 is 2.74 bits per heavy atom. The molecular weight excluding hydrogens is 252 g/mol. The summed E-state index contributed by atoms with van der Waals surface area (Å²) in [6, 6.07) is 4.63. The van der Waals surface area contributed by atoms with E-state index in [0.717, 1.165) is 0 Å². The summed E-state index contributed by atoms with van der Waals surface area (Å²) in [5, 5.41) is 11.2. The Morgan fingerprint density at radius 2 is 2.11 bits per heavy atom. The van der Waals surface area contributed by atoms with Crippen LogP contribution >= 0.6 is 0 Å². The van der Waals surface area contributed by atoms with Crippen LogP contribution in [0, 0.1) is 5.92 Å². The average Bonchev–Trinajstić information content (AvgIpc) is 2.64. The summed E-state index contributed by atoms with van der Waals surface area (Å²) < 4.78 is 6.24. The molecule has 0 spiro atoms. The van der Waals surface area contributed by atoms with Crippen LogP contribution in [0.4, 0.5) is 5.69 Å². The third-order valence-corrected chi connectivity index (χ3v) is 2.82. The Balaban J connectivity index is 2.32. The van der Waals surface area contributed by atoms with Gasteiger partial charge in [-0.05, 0) is 25.1 Å². The predicted molar refractivity (Wildman–Crippen MR) is 66.9 cm³/mol. The molecule has 1 heterocycles. The number of hydrogen-bond donors (Lipinski definition) is 2. The maximum atomic E-state index is 11.6. The van der Waals surface area contributed by atoms with Crippen LogP contribution in [0.15, 0.2) is 27.4 Å². The average molecular weight is 264 g/mol. The van der Waals surface area contributed by atoms with E-state index in [0.29, 0.717) is 16.8 Å². The zero-order valence-corrected chi connectivity index (χ0v) is 10.3. The molecule has 1 amide bonds. The Kier molecular flexibility index (Phi) is 3.12. The number of anilines is 1. The number of rotatable bonds is 3. The van der Waals surface area contributed by atoms with Gasteiger partial charge >= 0.3 is 11.7 Å². The van der Waals surface area contributed by atoms with Crippen molar-refractivity contribution < 1.29 is 19.1 Å². The quantitative estimate of drug-likeness (QED) is 0.798. The zero-order valence-electron chi connectivity index (χ0n) is 10.3. The van der Waals surface area contributed by atoms with Crippen LogP contribution in [0.1, 0.15) is 6.92 Å². The van der Waals surface area contributed by atoms with Crippen LogP contribution in [0.2, 0.25) is 0 Å². The molecule has 0 bridgehead atoms. The van der Waals surface area contributed by atoms with Gasteiger partial charge in [-0.15, -0.1) is 0 Å². The van der Waals surface area contributed by atoms with Gasteiger partial charge in [-0.3, -0.25) is 14.2 Å². The normalized spacial score (nSPS) is 12.3. The summed E-state index contributed by atoms with van der Waals surface area (Å²) in [7, 11) is 1.54. The monoisotopic (exact) mass is 264 g/mol. The lowest BCUT2D eigenvalue weighted by Gasteiger charge is -2.08. The molecule has 100 valence electrons. The third-order valence-electron chi connectivity index (χ3n) is 2.82. The number of nitrogens with one attached hydrogen (secondary N) is 1. The number of carbonyl (C=O) groups excluding carboxylic acids is 1. The molecule has 0 saturated heterocycles. The van der Waals surface area contributed by atoms with Gasteiger partial charge in [-0.25, -0.2) is 4.79 Å². The van der Waals surface area contributed by atoms with Crippen LogP contribution in [0.3, 0.4) is 0 Å². The highest BCUT2D eigenvalue weighted by atomic mass is 16.4. The lowest BCUT2D eigenvalue weighted by molar-refractivity contribution is -0.144. The first-order chi connectivity index (χ1) is 8.90. The molecule has 0 aliphatic carbocycles. The van der Waals surface area contributed by atoms with Gasteiger partial charge in [0.1, 0.15) is 5.92 Å². The van der Waals surface area contributed by atoms with Crippen LogP contribution in [-0.4, -0.2) is 21.6 Å². The van der Waals surface area contributed by atoms with Crippen molar-refractivity contribution in [3.63, 3.8) is 0 Å². The molecule has 0 fully saturated rings. The fraction of sp³-hybridized carbons (Fsp3) is 0.250. The highest BCUT2D eigenvalue weighted by Gasteiger charge is 2.20. The molecule has 7 nitrogen and oxygen atoms in total. The standard InChI is InChI=1S/C12H12N2O5/c1-6(11(16)17)10(15)13-7-3-4-9-8(5-7)14(2)12(18)19-9/h3-6H,1-2H3,(H,13,15)(H,16,17). The van der Waals surface area contributed by atoms with E-state index in [1.54, 1.807) is 13.1 Å². The van der Waals surface area contributed by atoms with Crippen molar-refractivity contribution in [2.75, 3.05) is 5.32 Å². The Morgan fingerprint density at radius 1 is 1.42 bits per heavy atom. The van der Waals surface area contributed by atoms with E-state index in [1.807, 2.05) is 0 Å². The summed E-state index contributed by atoms with van der Waals surface area (Å²) >= 11 is 0. The van der Waals surface area contributed by atoms with Crippen LogP contribution in [0.5, 0.6) is 0 Å². The van der Waals surface area contributed by atoms with Gasteiger partial charge in [0.15, 0.2) is 5.58 Å². The molecule has 1 aromatic heterocycles. The number of carbonyl (C=O) groups is 2. The minimum Gasteiger partial charge on any atom is -0.481 e. The number of hydrogen-bond acceptors (Lipinski definition) is 4. The second-order valence-corrected chi connectivity index (χ2v) is 4.16. The molecule has 0 aliphatic rings. The lowest BCUT2D eigenvalue weighted by Crippen LogP contribution is -2.26. The number of amides is 1. The molecule has 1 unspecified atom stereocenters. The molecular formula is C12H12N2O5. The third kappa shape index (κ3) is 2.35. The maximum absolute atomic E-state index is 11.6. The first-order valence-corrected chi connectivity index (χ1v) is 5.53. The zero-order chi connectivity index (χ0) is 14.2. The van der Waals surface area contributed by atoms with Crippen molar-refractivity contribution in [3.05, 3.63) is 28.7 Å². The number of aromatic nitrogens is 1. The summed E-state index contributed by atoms with van der Waals surface area (Å²) in [4.78, 5) is 33.6. The second-order valence-electron chi connectivity index (χ2n) is 4.16. The molecule has 0 radical (unpaired) electrons. The number of aryl methyl sites for hydroxylation is 1. The van der Waals surface area contributed by atoms with E-state index < -0.39 is 23.6 Å². The fourth-order valence-electron chi connectivity index (χ4n) is 1.57. The highest BCUT2D eigenvalue weighted by Crippen LogP contribution is 2.18. The number of nitrogens with zero attached hydrogens (tertiary/aromatic N) is 1. The first-order valence-electron chi connectivity index (χ1n) is 5.53. The molecule has 1 atom stereocenters. The van der Waals surface area contributed by atoms with Gasteiger partial charge in [-0.1, -0.05) is 0 Å². The van der Waals surface area contributed by atoms with Gasteiger partial charge in [-0.2, -0.15) is 0 Å². The number of aliphatic carboxylic acids is 1. The van der Waals surface area contributed by atoms with Gasteiger partial charge in [0.25, 0.3) is 0 Å². The number of oxazole rings is 1. The number of fused-ring (bicyclic) bond motifs is 1. The predicted octanol–water partition coefficient (Wildman–Crippen LogP) is 0.791. The van der Waals surface area contributed by atoms with Gasteiger partial charge < -0.3 is 14.8 Å². The van der Waals surface area contributed by atoms with E-state index in [4.69, 9.17) is 9.52 Å². The topological polar surface area (TPSA) is 102 Å². The van der Waals surface area contributed by atoms with E-state index in [9.17, 15) is 14.4 Å². The largest absolute Gasteiger partial charge is 0.481 e. The lowest BCUT2D eigenvalue weighted by atomic mass is 10.1. The van der Waals surface area contributed by atoms with E-state index >= 15 is 0 Å². The maximum Gasteiger partial charge on any atom is 0.419 e. The van der Waals surface area contributed by atoms with Crippen molar-refractivity contribution >= 4 is 28.7 Å². The van der Waals surface area contributed by atoms with Gasteiger partial charge in [0.2, 0.25) is 5.91 Å². The molecule has 2 rings (SSSR count). The minimum atomic E-state index is -1.20. The van der Waals surface area contributed by atoms with Crippen molar-refractivity contribution in [1.82, 2.24) is 4.57 Å². The first kappa shape index (κ1) is 12.9. The summed E-state index contributed by atoms with van der Waals surface area (Å²) in [6.45, 7) is 1.30. The number of benzene rings is 1.